The van der Waals surface area contributed by atoms with Crippen molar-refractivity contribution in [3.05, 3.63) is 58.7 Å². The second-order valence-electron chi connectivity index (χ2n) is 7.07. The van der Waals surface area contributed by atoms with Gasteiger partial charge in [-0.25, -0.2) is 4.79 Å². The molecule has 3 heteroatoms. The van der Waals surface area contributed by atoms with E-state index in [1.54, 1.807) is 20.1 Å². The second kappa shape index (κ2) is 8.84. The minimum Gasteiger partial charge on any atom is -0.478 e. The molecule has 0 aliphatic heterocycles. The highest BCUT2D eigenvalue weighted by molar-refractivity contribution is 5.81. The molecule has 0 heterocycles. The van der Waals surface area contributed by atoms with Crippen LogP contribution in [0.1, 0.15) is 47.5 Å². The van der Waals surface area contributed by atoms with Crippen molar-refractivity contribution in [2.24, 2.45) is 5.41 Å². The minimum absolute atomic E-state index is 0.159. The third kappa shape index (κ3) is 5.97. The topological polar surface area (TPSA) is 46.5 Å². The van der Waals surface area contributed by atoms with Crippen LogP contribution in [0.25, 0.3) is 0 Å². The average Bonchev–Trinajstić information content (AvgIpc) is 2.45. The van der Waals surface area contributed by atoms with Crippen molar-refractivity contribution in [1.82, 2.24) is 0 Å². The summed E-state index contributed by atoms with van der Waals surface area (Å²) >= 11 is 0. The van der Waals surface area contributed by atoms with Crippen LogP contribution in [0.15, 0.2) is 58.7 Å². The molecule has 1 rings (SSSR count). The monoisotopic (exact) mass is 330 g/mol. The maximum atomic E-state index is 10.6. The lowest BCUT2D eigenvalue weighted by atomic mass is 9.71. The SMILES string of the molecule is CO[C@H]1CCC(C)(C)C(/C=C/C(C)=C/C=C/C(C)=C/C(=O)O)=C1C. The smallest absolute Gasteiger partial charge is 0.328 e. The fraction of sp³-hybridized carbons (Fsp3) is 0.476. The molecule has 0 bridgehead atoms. The summed E-state index contributed by atoms with van der Waals surface area (Å²) in [6.45, 7) is 10.5. The van der Waals surface area contributed by atoms with E-state index in [9.17, 15) is 4.79 Å². The van der Waals surface area contributed by atoms with Crippen LogP contribution in [-0.2, 0) is 9.53 Å². The lowest BCUT2D eigenvalue weighted by Crippen LogP contribution is -2.28. The number of carboxylic acids is 1. The molecule has 24 heavy (non-hydrogen) atoms. The average molecular weight is 330 g/mol. The molecular weight excluding hydrogens is 300 g/mol. The number of methoxy groups -OCH3 is 1. The lowest BCUT2D eigenvalue weighted by molar-refractivity contribution is -0.131. The zero-order valence-electron chi connectivity index (χ0n) is 15.7. The van der Waals surface area contributed by atoms with E-state index in [1.165, 1.54) is 17.2 Å². The van der Waals surface area contributed by atoms with Crippen molar-refractivity contribution in [1.29, 1.82) is 0 Å². The zero-order valence-corrected chi connectivity index (χ0v) is 15.7. The van der Waals surface area contributed by atoms with Crippen LogP contribution in [-0.4, -0.2) is 24.3 Å². The largest absolute Gasteiger partial charge is 0.478 e. The first-order valence-electron chi connectivity index (χ1n) is 8.35. The van der Waals surface area contributed by atoms with E-state index in [-0.39, 0.29) is 11.5 Å². The van der Waals surface area contributed by atoms with Gasteiger partial charge in [0.1, 0.15) is 0 Å². The number of rotatable bonds is 6. The molecule has 1 atom stereocenters. The molecule has 0 saturated carbocycles. The molecule has 0 amide bonds. The maximum absolute atomic E-state index is 10.6. The van der Waals surface area contributed by atoms with Gasteiger partial charge in [-0.15, -0.1) is 0 Å². The quantitative estimate of drug-likeness (QED) is 0.536. The highest BCUT2D eigenvalue weighted by Gasteiger charge is 2.31. The highest BCUT2D eigenvalue weighted by atomic mass is 16.5. The Labute approximate surface area is 146 Å². The Hall–Kier alpha value is -1.87. The predicted molar refractivity (Wildman–Crippen MR) is 99.9 cm³/mol. The Morgan fingerprint density at radius 3 is 2.50 bits per heavy atom. The van der Waals surface area contributed by atoms with E-state index >= 15 is 0 Å². The van der Waals surface area contributed by atoms with Gasteiger partial charge in [-0.2, -0.15) is 0 Å². The van der Waals surface area contributed by atoms with Gasteiger partial charge in [0.2, 0.25) is 0 Å². The van der Waals surface area contributed by atoms with Crippen LogP contribution < -0.4 is 0 Å². The molecule has 0 aromatic carbocycles. The van der Waals surface area contributed by atoms with Gasteiger partial charge in [-0.3, -0.25) is 0 Å². The zero-order chi connectivity index (χ0) is 18.3. The Balaban J connectivity index is 2.91. The van der Waals surface area contributed by atoms with Crippen molar-refractivity contribution in [3.63, 3.8) is 0 Å². The molecule has 1 aliphatic rings. The van der Waals surface area contributed by atoms with Crippen molar-refractivity contribution >= 4 is 5.97 Å². The maximum Gasteiger partial charge on any atom is 0.328 e. The molecule has 0 spiro atoms. The summed E-state index contributed by atoms with van der Waals surface area (Å²) in [6.07, 6.45) is 13.5. The number of ether oxygens (including phenoxy) is 1. The normalized spacial score (nSPS) is 22.7. The molecule has 1 N–H and O–H groups in total. The number of carbonyl (C=O) groups is 1. The Kier molecular flexibility index (Phi) is 7.43. The highest BCUT2D eigenvalue weighted by Crippen LogP contribution is 2.41. The van der Waals surface area contributed by atoms with Crippen molar-refractivity contribution in [2.75, 3.05) is 7.11 Å². The molecule has 1 aliphatic carbocycles. The van der Waals surface area contributed by atoms with Crippen LogP contribution in [0.3, 0.4) is 0 Å². The molecule has 132 valence electrons. The summed E-state index contributed by atoms with van der Waals surface area (Å²) in [6, 6.07) is 0. The summed E-state index contributed by atoms with van der Waals surface area (Å²) < 4.78 is 5.58. The first-order chi connectivity index (χ1) is 11.2. The Bertz CT molecular complexity index is 613. The number of aliphatic carboxylic acids is 1. The van der Waals surface area contributed by atoms with Gasteiger partial charge < -0.3 is 9.84 Å². The van der Waals surface area contributed by atoms with Gasteiger partial charge in [0, 0.05) is 13.2 Å². The van der Waals surface area contributed by atoms with E-state index in [0.717, 1.165) is 18.4 Å². The van der Waals surface area contributed by atoms with Crippen LogP contribution in [0.5, 0.6) is 0 Å². The summed E-state index contributed by atoms with van der Waals surface area (Å²) in [7, 11) is 1.77. The second-order valence-corrected chi connectivity index (χ2v) is 7.07. The predicted octanol–water partition coefficient (Wildman–Crippen LogP) is 5.23. The van der Waals surface area contributed by atoms with E-state index in [2.05, 4.69) is 32.9 Å². The van der Waals surface area contributed by atoms with Crippen LogP contribution in [0.2, 0.25) is 0 Å². The summed E-state index contributed by atoms with van der Waals surface area (Å²) in [5.41, 5.74) is 4.65. The Morgan fingerprint density at radius 1 is 1.25 bits per heavy atom. The first kappa shape index (κ1) is 20.2. The van der Waals surface area contributed by atoms with E-state index in [4.69, 9.17) is 9.84 Å². The molecule has 0 aromatic rings. The summed E-state index contributed by atoms with van der Waals surface area (Å²) in [4.78, 5) is 10.6. The first-order valence-corrected chi connectivity index (χ1v) is 8.35. The fourth-order valence-corrected chi connectivity index (χ4v) is 3.07. The van der Waals surface area contributed by atoms with Crippen molar-refractivity contribution < 1.29 is 14.6 Å². The van der Waals surface area contributed by atoms with Crippen LogP contribution in [0.4, 0.5) is 0 Å². The molecule has 0 radical (unpaired) electrons. The summed E-state index contributed by atoms with van der Waals surface area (Å²) in [5, 5.41) is 8.68. The van der Waals surface area contributed by atoms with Gasteiger partial charge in [0.05, 0.1) is 6.10 Å². The summed E-state index contributed by atoms with van der Waals surface area (Å²) in [5.74, 6) is -0.924. The van der Waals surface area contributed by atoms with Crippen molar-refractivity contribution in [3.8, 4) is 0 Å². The van der Waals surface area contributed by atoms with E-state index in [1.807, 2.05) is 19.1 Å². The van der Waals surface area contributed by atoms with Gasteiger partial charge >= 0.3 is 5.97 Å². The van der Waals surface area contributed by atoms with Crippen LogP contribution in [0, 0.1) is 5.41 Å². The molecule has 0 unspecified atom stereocenters. The molecule has 0 fully saturated rings. The number of hydrogen-bond acceptors (Lipinski definition) is 2. The van der Waals surface area contributed by atoms with Gasteiger partial charge in [-0.05, 0) is 55.7 Å². The molecular formula is C21H30O3. The van der Waals surface area contributed by atoms with Crippen molar-refractivity contribution in [2.45, 2.75) is 53.6 Å². The third-order valence-corrected chi connectivity index (χ3v) is 4.54. The van der Waals surface area contributed by atoms with Crippen LogP contribution >= 0.6 is 0 Å². The third-order valence-electron chi connectivity index (χ3n) is 4.54. The van der Waals surface area contributed by atoms with Gasteiger partial charge in [0.25, 0.3) is 0 Å². The number of hydrogen-bond donors (Lipinski definition) is 1. The standard InChI is InChI=1S/C21H30O3/c1-15(8-7-9-16(2)14-20(22)23)10-11-18-17(3)19(24-6)12-13-21(18,4)5/h7-11,14,19H,12-13H2,1-6H3,(H,22,23)/b9-7+,11-10+,15-8+,16-14+/t19-/m0/s1. The van der Waals surface area contributed by atoms with E-state index in [0.29, 0.717) is 5.57 Å². The fourth-order valence-electron chi connectivity index (χ4n) is 3.07. The molecule has 0 saturated heterocycles. The number of carboxylic acid groups (broad SMARTS) is 1. The number of allylic oxidation sites excluding steroid dienone is 8. The molecule has 3 nitrogen and oxygen atoms in total. The Morgan fingerprint density at radius 2 is 1.92 bits per heavy atom. The van der Waals surface area contributed by atoms with E-state index < -0.39 is 5.97 Å². The lowest BCUT2D eigenvalue weighted by Gasteiger charge is -2.36. The van der Waals surface area contributed by atoms with Gasteiger partial charge in [0.15, 0.2) is 0 Å². The van der Waals surface area contributed by atoms with Gasteiger partial charge in [-0.1, -0.05) is 49.8 Å². The minimum atomic E-state index is -0.924. The molecule has 0 aromatic heterocycles.